The predicted octanol–water partition coefficient (Wildman–Crippen LogP) is 2.86. The van der Waals surface area contributed by atoms with Crippen LogP contribution in [0.5, 0.6) is 5.75 Å². The number of aromatic nitrogens is 3. The standard InChI is InChI=1S/C17H16N4O2/c1-4-16(22)19-12-8-15-11(2)20-21(17(15)18-10-12)13-6-5-7-14(9-13)23-3/h4-10H,1H2,2-3H3,(H,19,22). The number of nitrogens with zero attached hydrogens (tertiary/aromatic N) is 3. The molecule has 1 amide bonds. The van der Waals surface area contributed by atoms with Crippen LogP contribution in [0.1, 0.15) is 5.69 Å². The molecule has 0 aliphatic heterocycles. The van der Waals surface area contributed by atoms with Gasteiger partial charge in [0.2, 0.25) is 5.91 Å². The minimum Gasteiger partial charge on any atom is -0.497 e. The number of rotatable bonds is 4. The zero-order valence-electron chi connectivity index (χ0n) is 12.9. The zero-order chi connectivity index (χ0) is 16.4. The Morgan fingerprint density at radius 1 is 1.39 bits per heavy atom. The maximum Gasteiger partial charge on any atom is 0.247 e. The monoisotopic (exact) mass is 308 g/mol. The molecule has 116 valence electrons. The number of ether oxygens (including phenoxy) is 1. The van der Waals surface area contributed by atoms with Gasteiger partial charge in [-0.05, 0) is 31.2 Å². The largest absolute Gasteiger partial charge is 0.497 e. The van der Waals surface area contributed by atoms with Crippen LogP contribution in [0, 0.1) is 6.92 Å². The number of hydrogen-bond donors (Lipinski definition) is 1. The number of pyridine rings is 1. The average molecular weight is 308 g/mol. The first-order valence-corrected chi connectivity index (χ1v) is 7.05. The molecule has 3 aromatic rings. The summed E-state index contributed by atoms with van der Waals surface area (Å²) in [6.07, 6.45) is 2.82. The molecule has 0 spiro atoms. The molecule has 2 aromatic heterocycles. The van der Waals surface area contributed by atoms with Crippen LogP contribution in [-0.2, 0) is 4.79 Å². The van der Waals surface area contributed by atoms with Crippen LogP contribution in [0.3, 0.4) is 0 Å². The normalized spacial score (nSPS) is 10.5. The smallest absolute Gasteiger partial charge is 0.247 e. The molecular weight excluding hydrogens is 292 g/mol. The summed E-state index contributed by atoms with van der Waals surface area (Å²) in [5.41, 5.74) is 3.01. The second-order valence-electron chi connectivity index (χ2n) is 4.99. The van der Waals surface area contributed by atoms with Gasteiger partial charge >= 0.3 is 0 Å². The Labute approximate surface area is 133 Å². The topological polar surface area (TPSA) is 69.0 Å². The second kappa shape index (κ2) is 5.92. The lowest BCUT2D eigenvalue weighted by Crippen LogP contribution is -2.07. The van der Waals surface area contributed by atoms with Crippen LogP contribution < -0.4 is 10.1 Å². The fraction of sp³-hybridized carbons (Fsp3) is 0.118. The molecule has 6 heteroatoms. The van der Waals surface area contributed by atoms with Crippen molar-refractivity contribution < 1.29 is 9.53 Å². The Morgan fingerprint density at radius 2 is 2.22 bits per heavy atom. The van der Waals surface area contributed by atoms with Crippen molar-refractivity contribution in [3.63, 3.8) is 0 Å². The Balaban J connectivity index is 2.09. The van der Waals surface area contributed by atoms with Gasteiger partial charge in [0, 0.05) is 11.5 Å². The van der Waals surface area contributed by atoms with Crippen molar-refractivity contribution in [2.24, 2.45) is 0 Å². The number of benzene rings is 1. The summed E-state index contributed by atoms with van der Waals surface area (Å²) in [6.45, 7) is 5.34. The lowest BCUT2D eigenvalue weighted by atomic mass is 10.2. The molecule has 0 aliphatic rings. The van der Waals surface area contributed by atoms with Crippen LogP contribution >= 0.6 is 0 Å². The molecule has 1 aromatic carbocycles. The third kappa shape index (κ3) is 2.78. The van der Waals surface area contributed by atoms with Gasteiger partial charge in [0.15, 0.2) is 5.65 Å². The Kier molecular flexibility index (Phi) is 3.80. The van der Waals surface area contributed by atoms with E-state index < -0.39 is 0 Å². The van der Waals surface area contributed by atoms with Crippen molar-refractivity contribution in [1.82, 2.24) is 14.8 Å². The first-order valence-electron chi connectivity index (χ1n) is 7.05. The molecule has 3 rings (SSSR count). The summed E-state index contributed by atoms with van der Waals surface area (Å²) in [5, 5.41) is 8.11. The van der Waals surface area contributed by atoms with Gasteiger partial charge in [-0.25, -0.2) is 9.67 Å². The van der Waals surface area contributed by atoms with Gasteiger partial charge in [-0.15, -0.1) is 0 Å². The summed E-state index contributed by atoms with van der Waals surface area (Å²) in [5.74, 6) is 0.475. The van der Waals surface area contributed by atoms with E-state index in [2.05, 4.69) is 22.0 Å². The molecule has 0 bridgehead atoms. The van der Waals surface area contributed by atoms with Gasteiger partial charge in [0.25, 0.3) is 0 Å². The van der Waals surface area contributed by atoms with Gasteiger partial charge in [-0.2, -0.15) is 5.10 Å². The van der Waals surface area contributed by atoms with E-state index >= 15 is 0 Å². The average Bonchev–Trinajstić information content (AvgIpc) is 2.91. The van der Waals surface area contributed by atoms with Crippen molar-refractivity contribution in [3.05, 3.63) is 54.9 Å². The highest BCUT2D eigenvalue weighted by atomic mass is 16.5. The number of fused-ring (bicyclic) bond motifs is 1. The number of nitrogens with one attached hydrogen (secondary N) is 1. The van der Waals surface area contributed by atoms with E-state index in [0.29, 0.717) is 11.3 Å². The second-order valence-corrected chi connectivity index (χ2v) is 4.99. The Hall–Kier alpha value is -3.15. The molecular formula is C17H16N4O2. The molecule has 6 nitrogen and oxygen atoms in total. The van der Waals surface area contributed by atoms with E-state index in [9.17, 15) is 4.79 Å². The van der Waals surface area contributed by atoms with Crippen molar-refractivity contribution >= 4 is 22.6 Å². The molecule has 0 saturated heterocycles. The molecule has 0 saturated carbocycles. The van der Waals surface area contributed by atoms with Crippen molar-refractivity contribution in [3.8, 4) is 11.4 Å². The molecule has 23 heavy (non-hydrogen) atoms. The molecule has 0 radical (unpaired) electrons. The number of anilines is 1. The maximum atomic E-state index is 11.4. The Morgan fingerprint density at radius 3 is 2.96 bits per heavy atom. The Bertz CT molecular complexity index is 899. The van der Waals surface area contributed by atoms with Crippen LogP contribution in [0.15, 0.2) is 49.2 Å². The van der Waals surface area contributed by atoms with E-state index in [1.165, 1.54) is 6.08 Å². The van der Waals surface area contributed by atoms with Crippen LogP contribution in [0.25, 0.3) is 16.7 Å². The van der Waals surface area contributed by atoms with Gasteiger partial charge in [-0.3, -0.25) is 4.79 Å². The van der Waals surface area contributed by atoms with Crippen molar-refractivity contribution in [2.45, 2.75) is 6.92 Å². The highest BCUT2D eigenvalue weighted by Crippen LogP contribution is 2.24. The lowest BCUT2D eigenvalue weighted by molar-refractivity contribution is -0.111. The number of hydrogen-bond acceptors (Lipinski definition) is 4. The number of aryl methyl sites for hydroxylation is 1. The SMILES string of the molecule is C=CC(=O)Nc1cnc2c(c1)c(C)nn2-c1cccc(OC)c1. The molecule has 0 unspecified atom stereocenters. The van der Waals surface area contributed by atoms with Gasteiger partial charge in [-0.1, -0.05) is 12.6 Å². The van der Waals surface area contributed by atoms with E-state index in [0.717, 1.165) is 22.5 Å². The summed E-state index contributed by atoms with van der Waals surface area (Å²) in [4.78, 5) is 15.8. The van der Waals surface area contributed by atoms with Gasteiger partial charge in [0.1, 0.15) is 5.75 Å². The summed E-state index contributed by atoms with van der Waals surface area (Å²) >= 11 is 0. The van der Waals surface area contributed by atoms with Crippen molar-refractivity contribution in [1.29, 1.82) is 0 Å². The fourth-order valence-electron chi connectivity index (χ4n) is 2.33. The highest BCUT2D eigenvalue weighted by Gasteiger charge is 2.12. The molecule has 0 aliphatic carbocycles. The van der Waals surface area contributed by atoms with E-state index in [-0.39, 0.29) is 5.91 Å². The van der Waals surface area contributed by atoms with Crippen molar-refractivity contribution in [2.75, 3.05) is 12.4 Å². The minimum absolute atomic E-state index is 0.274. The minimum atomic E-state index is -0.274. The van der Waals surface area contributed by atoms with E-state index in [1.54, 1.807) is 18.0 Å². The fourth-order valence-corrected chi connectivity index (χ4v) is 2.33. The molecule has 0 fully saturated rings. The number of carbonyl (C=O) groups is 1. The van der Waals surface area contributed by atoms with Gasteiger partial charge < -0.3 is 10.1 Å². The first-order chi connectivity index (χ1) is 11.1. The highest BCUT2D eigenvalue weighted by molar-refractivity contribution is 6.00. The summed E-state index contributed by atoms with van der Waals surface area (Å²) < 4.78 is 7.01. The third-order valence-corrected chi connectivity index (χ3v) is 3.46. The van der Waals surface area contributed by atoms with Crippen LogP contribution in [0.2, 0.25) is 0 Å². The summed E-state index contributed by atoms with van der Waals surface area (Å²) in [6, 6.07) is 9.45. The number of methoxy groups -OCH3 is 1. The number of carbonyl (C=O) groups excluding carboxylic acids is 1. The predicted molar refractivity (Wildman–Crippen MR) is 89.0 cm³/mol. The number of amides is 1. The molecule has 1 N–H and O–H groups in total. The summed E-state index contributed by atoms with van der Waals surface area (Å²) in [7, 11) is 1.62. The zero-order valence-corrected chi connectivity index (χ0v) is 12.9. The lowest BCUT2D eigenvalue weighted by Gasteiger charge is -2.06. The maximum absolute atomic E-state index is 11.4. The quantitative estimate of drug-likeness (QED) is 0.752. The van der Waals surface area contributed by atoms with Gasteiger partial charge in [0.05, 0.1) is 30.4 Å². The van der Waals surface area contributed by atoms with Crippen LogP contribution in [-0.4, -0.2) is 27.8 Å². The van der Waals surface area contributed by atoms with E-state index in [4.69, 9.17) is 4.74 Å². The molecule has 0 atom stereocenters. The van der Waals surface area contributed by atoms with Crippen LogP contribution in [0.4, 0.5) is 5.69 Å². The molecule has 2 heterocycles. The first kappa shape index (κ1) is 14.8. The third-order valence-electron chi connectivity index (χ3n) is 3.46. The van der Waals surface area contributed by atoms with E-state index in [1.807, 2.05) is 37.3 Å².